The fourth-order valence-electron chi connectivity index (χ4n) is 4.89. The van der Waals surface area contributed by atoms with E-state index < -0.39 is 0 Å². The van der Waals surface area contributed by atoms with E-state index in [-0.39, 0.29) is 12.1 Å². The quantitative estimate of drug-likeness (QED) is 0.365. The molecule has 34 heavy (non-hydrogen) atoms. The molecule has 1 fully saturated rings. The Labute approximate surface area is 206 Å². The van der Waals surface area contributed by atoms with Crippen LogP contribution in [-0.4, -0.2) is 21.8 Å². The summed E-state index contributed by atoms with van der Waals surface area (Å²) in [4.78, 5) is 6.87. The molecule has 2 aromatic carbocycles. The Hall–Kier alpha value is -3.64. The van der Waals surface area contributed by atoms with Gasteiger partial charge in [-0.25, -0.2) is 0 Å². The van der Waals surface area contributed by atoms with Crippen LogP contribution in [0.15, 0.2) is 79.0 Å². The number of aryl methyl sites for hydroxylation is 2. The number of pyridine rings is 1. The summed E-state index contributed by atoms with van der Waals surface area (Å²) >= 11 is 5.89. The van der Waals surface area contributed by atoms with E-state index in [9.17, 15) is 0 Å². The minimum absolute atomic E-state index is 0.0695. The summed E-state index contributed by atoms with van der Waals surface area (Å²) in [6, 6.07) is 24.8. The average Bonchev–Trinajstić information content (AvgIpc) is 3.35. The molecule has 3 heterocycles. The second kappa shape index (κ2) is 8.95. The van der Waals surface area contributed by atoms with E-state index in [0.717, 1.165) is 22.8 Å². The molecule has 1 saturated heterocycles. The van der Waals surface area contributed by atoms with Gasteiger partial charge < -0.3 is 19.5 Å². The topological polar surface area (TPSA) is 42.3 Å². The highest BCUT2D eigenvalue weighted by Gasteiger charge is 2.42. The van der Waals surface area contributed by atoms with E-state index >= 15 is 0 Å². The van der Waals surface area contributed by atoms with Crippen LogP contribution in [0.2, 0.25) is 0 Å². The van der Waals surface area contributed by atoms with E-state index in [4.69, 9.17) is 17.0 Å². The Balaban J connectivity index is 1.68. The van der Waals surface area contributed by atoms with Gasteiger partial charge in [-0.3, -0.25) is 4.98 Å². The van der Waals surface area contributed by atoms with Crippen LogP contribution < -0.4 is 15.0 Å². The van der Waals surface area contributed by atoms with Crippen LogP contribution in [0.4, 0.5) is 5.69 Å². The molecule has 1 aliphatic heterocycles. The largest absolute Gasteiger partial charge is 0.497 e. The fraction of sp³-hybridized carbons (Fsp3) is 0.214. The van der Waals surface area contributed by atoms with Crippen molar-refractivity contribution in [3.63, 3.8) is 0 Å². The van der Waals surface area contributed by atoms with Crippen LogP contribution >= 0.6 is 12.2 Å². The SMILES string of the molecule is COc1cccc(N2C(=S)N[C@H](c3ccccn3)[C@H]2c2cc(C)n(-c3ccc(C)cc3)c2C)c1. The number of benzene rings is 2. The van der Waals surface area contributed by atoms with E-state index in [1.54, 1.807) is 7.11 Å². The Morgan fingerprint density at radius 3 is 2.41 bits per heavy atom. The number of methoxy groups -OCH3 is 1. The molecule has 172 valence electrons. The molecular weight excluding hydrogens is 440 g/mol. The molecule has 0 bridgehead atoms. The van der Waals surface area contributed by atoms with Crippen LogP contribution in [0.25, 0.3) is 5.69 Å². The number of ether oxygens (including phenoxy) is 1. The molecule has 4 aromatic rings. The van der Waals surface area contributed by atoms with Gasteiger partial charge in [0.05, 0.1) is 24.9 Å². The molecule has 6 heteroatoms. The summed E-state index contributed by atoms with van der Waals surface area (Å²) in [6.45, 7) is 6.45. The van der Waals surface area contributed by atoms with Crippen LogP contribution in [0.5, 0.6) is 5.75 Å². The minimum Gasteiger partial charge on any atom is -0.497 e. The van der Waals surface area contributed by atoms with Gasteiger partial charge in [0, 0.05) is 35.0 Å². The van der Waals surface area contributed by atoms with Gasteiger partial charge in [-0.1, -0.05) is 29.8 Å². The molecule has 0 aliphatic carbocycles. The van der Waals surface area contributed by atoms with E-state index in [1.165, 1.54) is 22.5 Å². The lowest BCUT2D eigenvalue weighted by Gasteiger charge is -2.28. The van der Waals surface area contributed by atoms with Gasteiger partial charge in [-0.05, 0) is 81.0 Å². The number of aromatic nitrogens is 2. The lowest BCUT2D eigenvalue weighted by molar-refractivity contribution is 0.415. The molecule has 2 atom stereocenters. The van der Waals surface area contributed by atoms with Gasteiger partial charge in [0.2, 0.25) is 0 Å². The summed E-state index contributed by atoms with van der Waals surface area (Å²) in [5, 5.41) is 4.23. The highest BCUT2D eigenvalue weighted by Crippen LogP contribution is 2.44. The molecule has 0 radical (unpaired) electrons. The number of hydrogen-bond donors (Lipinski definition) is 1. The molecule has 1 N–H and O–H groups in total. The number of rotatable bonds is 5. The molecule has 5 nitrogen and oxygen atoms in total. The monoisotopic (exact) mass is 468 g/mol. The molecule has 1 aliphatic rings. The molecule has 0 unspecified atom stereocenters. The summed E-state index contributed by atoms with van der Waals surface area (Å²) < 4.78 is 7.82. The molecule has 0 spiro atoms. The molecular formula is C28H28N4OS. The van der Waals surface area contributed by atoms with Crippen LogP contribution in [-0.2, 0) is 0 Å². The zero-order chi connectivity index (χ0) is 23.8. The number of nitrogens with one attached hydrogen (secondary N) is 1. The molecule has 0 saturated carbocycles. The van der Waals surface area contributed by atoms with Crippen molar-refractivity contribution < 1.29 is 4.74 Å². The summed E-state index contributed by atoms with van der Waals surface area (Å²) in [5.74, 6) is 0.797. The predicted molar refractivity (Wildman–Crippen MR) is 141 cm³/mol. The number of thiocarbonyl (C=S) groups is 1. The molecule has 5 rings (SSSR count). The lowest BCUT2D eigenvalue weighted by atomic mass is 9.96. The maximum Gasteiger partial charge on any atom is 0.174 e. The van der Waals surface area contributed by atoms with Crippen molar-refractivity contribution in [2.24, 2.45) is 0 Å². The average molecular weight is 469 g/mol. The number of hydrogen-bond acceptors (Lipinski definition) is 3. The first-order valence-electron chi connectivity index (χ1n) is 11.4. The molecule has 0 amide bonds. The van der Waals surface area contributed by atoms with Gasteiger partial charge in [-0.15, -0.1) is 0 Å². The van der Waals surface area contributed by atoms with Crippen molar-refractivity contribution in [1.82, 2.24) is 14.9 Å². The van der Waals surface area contributed by atoms with Crippen LogP contribution in [0.1, 0.15) is 40.3 Å². The van der Waals surface area contributed by atoms with Crippen molar-refractivity contribution in [1.29, 1.82) is 0 Å². The number of nitrogens with zero attached hydrogens (tertiary/aromatic N) is 3. The van der Waals surface area contributed by atoms with E-state index in [0.29, 0.717) is 5.11 Å². The minimum atomic E-state index is -0.0909. The number of anilines is 1. The smallest absolute Gasteiger partial charge is 0.174 e. The fourth-order valence-corrected chi connectivity index (χ4v) is 5.23. The summed E-state index contributed by atoms with van der Waals surface area (Å²) in [5.41, 5.74) is 7.93. The van der Waals surface area contributed by atoms with Crippen LogP contribution in [0.3, 0.4) is 0 Å². The van der Waals surface area contributed by atoms with Gasteiger partial charge in [0.25, 0.3) is 0 Å². The van der Waals surface area contributed by atoms with Crippen molar-refractivity contribution in [3.8, 4) is 11.4 Å². The highest BCUT2D eigenvalue weighted by molar-refractivity contribution is 7.80. The lowest BCUT2D eigenvalue weighted by Crippen LogP contribution is -2.29. The van der Waals surface area contributed by atoms with Crippen molar-refractivity contribution >= 4 is 23.0 Å². The van der Waals surface area contributed by atoms with Gasteiger partial charge in [0.15, 0.2) is 5.11 Å². The maximum atomic E-state index is 5.89. The third-order valence-corrected chi connectivity index (χ3v) is 6.83. The summed E-state index contributed by atoms with van der Waals surface area (Å²) in [6.07, 6.45) is 1.83. The van der Waals surface area contributed by atoms with Crippen LogP contribution in [0, 0.1) is 20.8 Å². The van der Waals surface area contributed by atoms with E-state index in [2.05, 4.69) is 83.0 Å². The first kappa shape index (κ1) is 22.2. The van der Waals surface area contributed by atoms with Crippen molar-refractivity contribution in [2.45, 2.75) is 32.9 Å². The zero-order valence-corrected chi connectivity index (χ0v) is 20.6. The normalized spacial score (nSPS) is 17.6. The first-order chi connectivity index (χ1) is 16.5. The Kier molecular flexibility index (Phi) is 5.84. The van der Waals surface area contributed by atoms with E-state index in [1.807, 2.05) is 36.5 Å². The van der Waals surface area contributed by atoms with Gasteiger partial charge >= 0.3 is 0 Å². The zero-order valence-electron chi connectivity index (χ0n) is 19.8. The Bertz CT molecular complexity index is 1330. The van der Waals surface area contributed by atoms with Crippen molar-refractivity contribution in [2.75, 3.05) is 12.0 Å². The summed E-state index contributed by atoms with van der Waals surface area (Å²) in [7, 11) is 1.68. The maximum absolute atomic E-state index is 5.89. The third-order valence-electron chi connectivity index (χ3n) is 6.51. The second-order valence-electron chi connectivity index (χ2n) is 8.70. The van der Waals surface area contributed by atoms with Gasteiger partial charge in [-0.2, -0.15) is 0 Å². The Morgan fingerprint density at radius 1 is 0.912 bits per heavy atom. The standard InChI is InChI=1S/C28H28N4OS/c1-18-11-13-21(14-12-18)31-19(2)16-24(20(31)3)27-26(25-10-5-6-15-29-25)30-28(34)32(27)22-8-7-9-23(17-22)33-4/h5-17,26-27H,1-4H3,(H,30,34)/t26-,27-/m1/s1. The third kappa shape index (κ3) is 3.84. The van der Waals surface area contributed by atoms with Gasteiger partial charge in [0.1, 0.15) is 5.75 Å². The molecule has 2 aromatic heterocycles. The highest BCUT2D eigenvalue weighted by atomic mass is 32.1. The first-order valence-corrected chi connectivity index (χ1v) is 11.8. The second-order valence-corrected chi connectivity index (χ2v) is 9.08. The predicted octanol–water partition coefficient (Wildman–Crippen LogP) is 5.98. The van der Waals surface area contributed by atoms with Crippen molar-refractivity contribution in [3.05, 3.63) is 107 Å². The Morgan fingerprint density at radius 2 is 1.71 bits per heavy atom.